The Morgan fingerprint density at radius 3 is 2.67 bits per heavy atom. The van der Waals surface area contributed by atoms with Crippen molar-refractivity contribution in [2.45, 2.75) is 25.4 Å². The van der Waals surface area contributed by atoms with Crippen LogP contribution in [-0.4, -0.2) is 49.7 Å². The Hall–Kier alpha value is -1.75. The van der Waals surface area contributed by atoms with Crippen LogP contribution in [0.2, 0.25) is 0 Å². The molecule has 2 N–H and O–H groups in total. The molecule has 0 bridgehead atoms. The molecule has 1 atom stereocenters. The molecule has 0 aliphatic carbocycles. The van der Waals surface area contributed by atoms with Crippen molar-refractivity contribution in [3.8, 4) is 0 Å². The molecule has 3 rings (SSSR count). The number of hydrogen-bond acceptors (Lipinski definition) is 4. The van der Waals surface area contributed by atoms with Crippen molar-refractivity contribution in [2.24, 2.45) is 0 Å². The number of ether oxygens (including phenoxy) is 1. The van der Waals surface area contributed by atoms with E-state index in [2.05, 4.69) is 11.0 Å². The Morgan fingerprint density at radius 1 is 1.19 bits per heavy atom. The van der Waals surface area contributed by atoms with Gasteiger partial charge in [-0.25, -0.2) is 0 Å². The Labute approximate surface area is 125 Å². The lowest BCUT2D eigenvalue weighted by Gasteiger charge is -2.38. The SMILES string of the molecule is Nc1cccc(N2CCN(C(=O)C3CCCCO3)CC2)c1. The van der Waals surface area contributed by atoms with Crippen molar-refractivity contribution in [1.82, 2.24) is 4.90 Å². The molecule has 2 aliphatic heterocycles. The van der Waals surface area contributed by atoms with Crippen LogP contribution in [0.4, 0.5) is 11.4 Å². The zero-order valence-corrected chi connectivity index (χ0v) is 12.3. The monoisotopic (exact) mass is 289 g/mol. The second-order valence-corrected chi connectivity index (χ2v) is 5.76. The van der Waals surface area contributed by atoms with Gasteiger partial charge in [0.15, 0.2) is 0 Å². The van der Waals surface area contributed by atoms with Crippen LogP contribution < -0.4 is 10.6 Å². The molecule has 114 valence electrons. The van der Waals surface area contributed by atoms with Gasteiger partial charge in [0.2, 0.25) is 0 Å². The molecule has 1 unspecified atom stereocenters. The van der Waals surface area contributed by atoms with Gasteiger partial charge in [-0.05, 0) is 37.5 Å². The number of anilines is 2. The fraction of sp³-hybridized carbons (Fsp3) is 0.562. The molecule has 2 heterocycles. The van der Waals surface area contributed by atoms with Crippen LogP contribution in [0.15, 0.2) is 24.3 Å². The summed E-state index contributed by atoms with van der Waals surface area (Å²) in [6, 6.07) is 7.92. The van der Waals surface area contributed by atoms with Gasteiger partial charge >= 0.3 is 0 Å². The average molecular weight is 289 g/mol. The number of carbonyl (C=O) groups is 1. The molecular formula is C16H23N3O2. The molecule has 1 aromatic carbocycles. The summed E-state index contributed by atoms with van der Waals surface area (Å²) in [7, 11) is 0. The number of nitrogen functional groups attached to an aromatic ring is 1. The Kier molecular flexibility index (Phi) is 4.29. The Balaban J connectivity index is 1.56. The van der Waals surface area contributed by atoms with E-state index in [0.717, 1.165) is 63.4 Å². The quantitative estimate of drug-likeness (QED) is 0.838. The molecule has 0 saturated carbocycles. The minimum atomic E-state index is -0.210. The molecule has 2 saturated heterocycles. The van der Waals surface area contributed by atoms with Gasteiger partial charge in [0.1, 0.15) is 6.10 Å². The van der Waals surface area contributed by atoms with E-state index in [9.17, 15) is 4.79 Å². The number of amides is 1. The summed E-state index contributed by atoms with van der Waals surface area (Å²) in [6.45, 7) is 3.93. The van der Waals surface area contributed by atoms with Crippen molar-refractivity contribution in [3.05, 3.63) is 24.3 Å². The molecule has 1 aromatic rings. The van der Waals surface area contributed by atoms with Crippen molar-refractivity contribution in [2.75, 3.05) is 43.4 Å². The summed E-state index contributed by atoms with van der Waals surface area (Å²) in [5, 5.41) is 0. The molecule has 2 aliphatic rings. The standard InChI is InChI=1S/C16H23N3O2/c17-13-4-3-5-14(12-13)18-7-9-19(10-8-18)16(20)15-6-1-2-11-21-15/h3-5,12,15H,1-2,6-11,17H2. The van der Waals surface area contributed by atoms with Gasteiger partial charge in [-0.3, -0.25) is 4.79 Å². The molecule has 21 heavy (non-hydrogen) atoms. The van der Waals surface area contributed by atoms with Crippen molar-refractivity contribution >= 4 is 17.3 Å². The fourth-order valence-corrected chi connectivity index (χ4v) is 3.05. The highest BCUT2D eigenvalue weighted by molar-refractivity contribution is 5.81. The van der Waals surface area contributed by atoms with E-state index in [1.807, 2.05) is 23.1 Å². The average Bonchev–Trinajstić information content (AvgIpc) is 2.55. The van der Waals surface area contributed by atoms with Crippen molar-refractivity contribution < 1.29 is 9.53 Å². The van der Waals surface area contributed by atoms with Crippen LogP contribution in [0.25, 0.3) is 0 Å². The molecule has 5 heteroatoms. The highest BCUT2D eigenvalue weighted by Gasteiger charge is 2.29. The van der Waals surface area contributed by atoms with Crippen LogP contribution in [0.5, 0.6) is 0 Å². The van der Waals surface area contributed by atoms with Crippen LogP contribution in [0.3, 0.4) is 0 Å². The number of hydrogen-bond donors (Lipinski definition) is 1. The van der Waals surface area contributed by atoms with Crippen molar-refractivity contribution in [1.29, 1.82) is 0 Å². The predicted molar refractivity (Wildman–Crippen MR) is 83.2 cm³/mol. The summed E-state index contributed by atoms with van der Waals surface area (Å²) in [6.07, 6.45) is 2.83. The topological polar surface area (TPSA) is 58.8 Å². The molecule has 0 spiro atoms. The second-order valence-electron chi connectivity index (χ2n) is 5.76. The minimum absolute atomic E-state index is 0.168. The van der Waals surface area contributed by atoms with E-state index in [0.29, 0.717) is 0 Å². The Bertz CT molecular complexity index is 492. The van der Waals surface area contributed by atoms with Crippen LogP contribution >= 0.6 is 0 Å². The van der Waals surface area contributed by atoms with Gasteiger partial charge in [-0.15, -0.1) is 0 Å². The van der Waals surface area contributed by atoms with E-state index < -0.39 is 0 Å². The number of rotatable bonds is 2. The van der Waals surface area contributed by atoms with Crippen molar-refractivity contribution in [3.63, 3.8) is 0 Å². The summed E-state index contributed by atoms with van der Waals surface area (Å²) >= 11 is 0. The first-order chi connectivity index (χ1) is 10.2. The van der Waals surface area contributed by atoms with E-state index in [1.54, 1.807) is 0 Å². The molecular weight excluding hydrogens is 266 g/mol. The summed E-state index contributed by atoms with van der Waals surface area (Å²) in [5.41, 5.74) is 7.75. The predicted octanol–water partition coefficient (Wildman–Crippen LogP) is 1.49. The van der Waals surface area contributed by atoms with Crippen LogP contribution in [0, 0.1) is 0 Å². The zero-order valence-electron chi connectivity index (χ0n) is 12.3. The largest absolute Gasteiger partial charge is 0.399 e. The van der Waals surface area contributed by atoms with Gasteiger partial charge < -0.3 is 20.3 Å². The van der Waals surface area contributed by atoms with E-state index in [1.165, 1.54) is 0 Å². The fourth-order valence-electron chi connectivity index (χ4n) is 3.05. The van der Waals surface area contributed by atoms with Gasteiger partial charge in [0.05, 0.1) is 0 Å². The Morgan fingerprint density at radius 2 is 2.00 bits per heavy atom. The summed E-state index contributed by atoms with van der Waals surface area (Å²) < 4.78 is 5.60. The molecule has 2 fully saturated rings. The van der Waals surface area contributed by atoms with E-state index >= 15 is 0 Å². The molecule has 0 radical (unpaired) electrons. The summed E-state index contributed by atoms with van der Waals surface area (Å²) in [4.78, 5) is 16.6. The normalized spacial score (nSPS) is 23.1. The number of nitrogens with zero attached hydrogens (tertiary/aromatic N) is 2. The van der Waals surface area contributed by atoms with Crippen LogP contribution in [0.1, 0.15) is 19.3 Å². The highest BCUT2D eigenvalue weighted by atomic mass is 16.5. The molecule has 5 nitrogen and oxygen atoms in total. The number of piperazine rings is 1. The lowest BCUT2D eigenvalue weighted by Crippen LogP contribution is -2.52. The van der Waals surface area contributed by atoms with E-state index in [4.69, 9.17) is 10.5 Å². The number of benzene rings is 1. The van der Waals surface area contributed by atoms with Gasteiger partial charge in [-0.1, -0.05) is 6.07 Å². The maximum atomic E-state index is 12.4. The first-order valence-electron chi connectivity index (χ1n) is 7.75. The lowest BCUT2D eigenvalue weighted by atomic mass is 10.1. The lowest BCUT2D eigenvalue weighted by molar-refractivity contribution is -0.146. The zero-order chi connectivity index (χ0) is 14.7. The van der Waals surface area contributed by atoms with Gasteiger partial charge in [-0.2, -0.15) is 0 Å². The molecule has 1 amide bonds. The van der Waals surface area contributed by atoms with E-state index in [-0.39, 0.29) is 12.0 Å². The third-order valence-corrected chi connectivity index (χ3v) is 4.28. The maximum absolute atomic E-state index is 12.4. The highest BCUT2D eigenvalue weighted by Crippen LogP contribution is 2.21. The smallest absolute Gasteiger partial charge is 0.251 e. The third-order valence-electron chi connectivity index (χ3n) is 4.28. The first kappa shape index (κ1) is 14.2. The van der Waals surface area contributed by atoms with Gasteiger partial charge in [0.25, 0.3) is 5.91 Å². The second kappa shape index (κ2) is 6.35. The third kappa shape index (κ3) is 3.29. The number of carbonyl (C=O) groups excluding carboxylic acids is 1. The minimum Gasteiger partial charge on any atom is -0.399 e. The number of nitrogens with two attached hydrogens (primary N) is 1. The summed E-state index contributed by atoms with van der Waals surface area (Å²) in [5.74, 6) is 0.168. The maximum Gasteiger partial charge on any atom is 0.251 e. The van der Waals surface area contributed by atoms with Crippen LogP contribution in [-0.2, 0) is 9.53 Å². The first-order valence-corrected chi connectivity index (χ1v) is 7.75. The molecule has 0 aromatic heterocycles. The van der Waals surface area contributed by atoms with Gasteiger partial charge in [0, 0.05) is 44.2 Å².